The normalized spacial score (nSPS) is 13.9. The van der Waals surface area contributed by atoms with Crippen LogP contribution in [0, 0.1) is 0 Å². The van der Waals surface area contributed by atoms with Gasteiger partial charge in [0.25, 0.3) is 5.91 Å². The molecule has 1 aliphatic heterocycles. The first-order valence-corrected chi connectivity index (χ1v) is 10.7. The predicted octanol–water partition coefficient (Wildman–Crippen LogP) is 3.01. The van der Waals surface area contributed by atoms with E-state index < -0.39 is 11.9 Å². The van der Waals surface area contributed by atoms with Crippen LogP contribution in [-0.2, 0) is 4.74 Å². The van der Waals surface area contributed by atoms with Gasteiger partial charge in [-0.2, -0.15) is 0 Å². The lowest BCUT2D eigenvalue weighted by Gasteiger charge is -2.35. The first kappa shape index (κ1) is 23.8. The molecule has 2 aromatic carbocycles. The summed E-state index contributed by atoms with van der Waals surface area (Å²) < 4.78 is 9.95. The monoisotopic (exact) mass is 476 g/mol. The highest BCUT2D eigenvalue weighted by Gasteiger charge is 2.20. The lowest BCUT2D eigenvalue weighted by atomic mass is 10.1. The van der Waals surface area contributed by atoms with Gasteiger partial charge < -0.3 is 24.6 Å². The number of nitrogens with one attached hydrogen (secondary N) is 2. The Morgan fingerprint density at radius 1 is 1.03 bits per heavy atom. The summed E-state index contributed by atoms with van der Waals surface area (Å²) >= 11 is 11.5. The lowest BCUT2D eigenvalue weighted by Crippen LogP contribution is -2.45. The van der Waals surface area contributed by atoms with Crippen molar-refractivity contribution < 1.29 is 19.1 Å². The molecule has 0 radical (unpaired) electrons. The lowest BCUT2D eigenvalue weighted by molar-refractivity contribution is 0.0600. The number of ether oxygens (including phenoxy) is 2. The molecule has 1 heterocycles. The standard InChI is InChI=1S/C22H25ClN4O4S/c1-26-8-10-27(11-9-26)18-6-4-15(21(29)31-3)13-17(18)24-22(32)25-20(28)14-5-7-19(30-2)16(23)12-14/h4-7,12-13H,8-11H2,1-3H3,(H2,24,25,28,32). The average molecular weight is 477 g/mol. The van der Waals surface area contributed by atoms with Crippen LogP contribution in [0.4, 0.5) is 11.4 Å². The van der Waals surface area contributed by atoms with Crippen LogP contribution in [0.25, 0.3) is 0 Å². The smallest absolute Gasteiger partial charge is 0.337 e. The number of thiocarbonyl (C=S) groups is 1. The Balaban J connectivity index is 1.79. The van der Waals surface area contributed by atoms with Crippen LogP contribution < -0.4 is 20.3 Å². The Labute approximate surface area is 197 Å². The molecule has 1 fully saturated rings. The third-order valence-corrected chi connectivity index (χ3v) is 5.65. The Kier molecular flexibility index (Phi) is 7.89. The second-order valence-corrected chi connectivity index (χ2v) is 8.09. The molecule has 1 saturated heterocycles. The molecule has 2 aromatic rings. The molecule has 0 saturated carbocycles. The van der Waals surface area contributed by atoms with Gasteiger partial charge in [0, 0.05) is 31.7 Å². The number of methoxy groups -OCH3 is 2. The minimum Gasteiger partial charge on any atom is -0.495 e. The molecule has 1 aliphatic rings. The first-order chi connectivity index (χ1) is 15.3. The molecule has 2 N–H and O–H groups in total. The van der Waals surface area contributed by atoms with Gasteiger partial charge in [-0.05, 0) is 55.7 Å². The number of carbonyl (C=O) groups is 2. The van der Waals surface area contributed by atoms with Crippen LogP contribution >= 0.6 is 23.8 Å². The number of piperazine rings is 1. The minimum atomic E-state index is -0.458. The highest BCUT2D eigenvalue weighted by molar-refractivity contribution is 7.80. The molecule has 1 amide bonds. The third kappa shape index (κ3) is 5.67. The summed E-state index contributed by atoms with van der Waals surface area (Å²) in [5, 5.41) is 6.12. The highest BCUT2D eigenvalue weighted by atomic mass is 35.5. The van der Waals surface area contributed by atoms with Crippen LogP contribution in [-0.4, -0.2) is 69.3 Å². The molecule has 10 heteroatoms. The number of hydrogen-bond acceptors (Lipinski definition) is 7. The molecule has 0 aromatic heterocycles. The SMILES string of the molecule is COC(=O)c1ccc(N2CCN(C)CC2)c(NC(=S)NC(=O)c2ccc(OC)c(Cl)c2)c1. The van der Waals surface area contributed by atoms with E-state index in [2.05, 4.69) is 27.5 Å². The van der Waals surface area contributed by atoms with Crippen LogP contribution in [0.3, 0.4) is 0 Å². The largest absolute Gasteiger partial charge is 0.495 e. The quantitative estimate of drug-likeness (QED) is 0.503. The second kappa shape index (κ2) is 10.6. The van der Waals surface area contributed by atoms with Crippen LogP contribution in [0.1, 0.15) is 20.7 Å². The summed E-state index contributed by atoms with van der Waals surface area (Å²) in [5.41, 5.74) is 2.21. The van der Waals surface area contributed by atoms with E-state index in [1.165, 1.54) is 20.3 Å². The number of esters is 1. The van der Waals surface area contributed by atoms with Crippen molar-refractivity contribution >= 4 is 52.2 Å². The number of anilines is 2. The number of benzene rings is 2. The molecule has 0 spiro atoms. The predicted molar refractivity (Wildman–Crippen MR) is 129 cm³/mol. The van der Waals surface area contributed by atoms with Gasteiger partial charge in [-0.1, -0.05) is 11.6 Å². The number of amides is 1. The van der Waals surface area contributed by atoms with E-state index in [4.69, 9.17) is 33.3 Å². The number of rotatable bonds is 5. The first-order valence-electron chi connectivity index (χ1n) is 9.94. The maximum absolute atomic E-state index is 12.6. The van der Waals surface area contributed by atoms with Gasteiger partial charge in [0.2, 0.25) is 0 Å². The maximum atomic E-state index is 12.6. The van der Waals surface area contributed by atoms with Gasteiger partial charge >= 0.3 is 5.97 Å². The van der Waals surface area contributed by atoms with Gasteiger partial charge in [0.15, 0.2) is 5.11 Å². The van der Waals surface area contributed by atoms with Crippen molar-refractivity contribution in [1.82, 2.24) is 10.2 Å². The summed E-state index contributed by atoms with van der Waals surface area (Å²) in [5.74, 6) is -0.404. The van der Waals surface area contributed by atoms with Crippen LogP contribution in [0.5, 0.6) is 5.75 Å². The molecule has 170 valence electrons. The summed E-state index contributed by atoms with van der Waals surface area (Å²) in [7, 11) is 4.90. The van der Waals surface area contributed by atoms with Crippen molar-refractivity contribution in [2.24, 2.45) is 0 Å². The third-order valence-electron chi connectivity index (χ3n) is 5.15. The molecule has 0 bridgehead atoms. The van der Waals surface area contributed by atoms with E-state index in [0.717, 1.165) is 31.9 Å². The highest BCUT2D eigenvalue weighted by Crippen LogP contribution is 2.29. The molecule has 3 rings (SSSR count). The van der Waals surface area contributed by atoms with Gasteiger partial charge in [-0.15, -0.1) is 0 Å². The summed E-state index contributed by atoms with van der Waals surface area (Å²) in [4.78, 5) is 29.1. The second-order valence-electron chi connectivity index (χ2n) is 7.27. The van der Waals surface area contributed by atoms with Crippen molar-refractivity contribution in [3.05, 3.63) is 52.5 Å². The zero-order valence-electron chi connectivity index (χ0n) is 18.1. The van der Waals surface area contributed by atoms with Gasteiger partial charge in [-0.25, -0.2) is 4.79 Å². The fourth-order valence-corrected chi connectivity index (χ4v) is 3.80. The van der Waals surface area contributed by atoms with E-state index in [-0.39, 0.29) is 5.11 Å². The Bertz CT molecular complexity index is 1020. The molecule has 0 atom stereocenters. The van der Waals surface area contributed by atoms with Crippen molar-refractivity contribution in [2.75, 3.05) is 57.7 Å². The molecule has 0 aliphatic carbocycles. The van der Waals surface area contributed by atoms with Crippen molar-refractivity contribution in [2.45, 2.75) is 0 Å². The number of nitrogens with zero attached hydrogens (tertiary/aromatic N) is 2. The molecule has 8 nitrogen and oxygen atoms in total. The van der Waals surface area contributed by atoms with Crippen molar-refractivity contribution in [1.29, 1.82) is 0 Å². The molecule has 32 heavy (non-hydrogen) atoms. The fraction of sp³-hybridized carbons (Fsp3) is 0.318. The topological polar surface area (TPSA) is 83.1 Å². The fourth-order valence-electron chi connectivity index (χ4n) is 3.34. The van der Waals surface area contributed by atoms with E-state index >= 15 is 0 Å². The Morgan fingerprint density at radius 3 is 2.34 bits per heavy atom. The summed E-state index contributed by atoms with van der Waals surface area (Å²) in [6, 6.07) is 9.95. The van der Waals surface area contributed by atoms with E-state index in [9.17, 15) is 9.59 Å². The number of carbonyl (C=O) groups excluding carboxylic acids is 2. The summed E-state index contributed by atoms with van der Waals surface area (Å²) in [6.07, 6.45) is 0. The zero-order valence-corrected chi connectivity index (χ0v) is 19.7. The van der Waals surface area contributed by atoms with Crippen LogP contribution in [0.15, 0.2) is 36.4 Å². The number of halogens is 1. The maximum Gasteiger partial charge on any atom is 0.337 e. The average Bonchev–Trinajstić information content (AvgIpc) is 2.79. The van der Waals surface area contributed by atoms with Crippen molar-refractivity contribution in [3.8, 4) is 5.75 Å². The van der Waals surface area contributed by atoms with E-state index in [1.54, 1.807) is 24.3 Å². The van der Waals surface area contributed by atoms with Gasteiger partial charge in [-0.3, -0.25) is 10.1 Å². The van der Waals surface area contributed by atoms with Gasteiger partial charge in [0.1, 0.15) is 5.75 Å². The van der Waals surface area contributed by atoms with Crippen LogP contribution in [0.2, 0.25) is 5.02 Å². The minimum absolute atomic E-state index is 0.0966. The number of likely N-dealkylation sites (N-methyl/N-ethyl adjacent to an activating group) is 1. The number of hydrogen-bond donors (Lipinski definition) is 2. The van der Waals surface area contributed by atoms with E-state index in [0.29, 0.717) is 27.6 Å². The molecular formula is C22H25ClN4O4S. The Hall–Kier alpha value is -2.88. The van der Waals surface area contributed by atoms with Crippen molar-refractivity contribution in [3.63, 3.8) is 0 Å². The van der Waals surface area contributed by atoms with E-state index in [1.807, 2.05) is 6.07 Å². The zero-order chi connectivity index (χ0) is 23.3. The molecular weight excluding hydrogens is 452 g/mol. The van der Waals surface area contributed by atoms with Gasteiger partial charge in [0.05, 0.1) is 36.2 Å². The Morgan fingerprint density at radius 2 is 1.72 bits per heavy atom. The molecule has 0 unspecified atom stereocenters. The summed E-state index contributed by atoms with van der Waals surface area (Å²) in [6.45, 7) is 3.48.